The summed E-state index contributed by atoms with van der Waals surface area (Å²) in [5.41, 5.74) is 2.98. The van der Waals surface area contributed by atoms with E-state index in [-0.39, 0.29) is 18.1 Å². The van der Waals surface area contributed by atoms with Gasteiger partial charge in [-0.05, 0) is 29.2 Å². The van der Waals surface area contributed by atoms with Gasteiger partial charge in [-0.15, -0.1) is 0 Å². The smallest absolute Gasteiger partial charge is 0.227 e. The molecule has 0 bridgehead atoms. The number of amides is 1. The molecule has 1 amide bonds. The molecule has 0 aliphatic rings. The van der Waals surface area contributed by atoms with E-state index >= 15 is 0 Å². The van der Waals surface area contributed by atoms with Crippen molar-refractivity contribution in [3.8, 4) is 11.4 Å². The molecule has 1 N–H and O–H groups in total. The van der Waals surface area contributed by atoms with E-state index in [2.05, 4.69) is 41.4 Å². The molecule has 0 atom stereocenters. The molecule has 5 nitrogen and oxygen atoms in total. The molecule has 0 fully saturated rings. The summed E-state index contributed by atoms with van der Waals surface area (Å²) in [5.74, 6) is 0.992. The first kappa shape index (κ1) is 18.8. The molecular weight excluding hydrogens is 345 g/mol. The average Bonchev–Trinajstić information content (AvgIpc) is 3.15. The molecule has 0 unspecified atom stereocenters. The first-order valence-electron chi connectivity index (χ1n) is 8.95. The van der Waals surface area contributed by atoms with Gasteiger partial charge in [0.1, 0.15) is 5.82 Å². The van der Waals surface area contributed by atoms with Crippen molar-refractivity contribution in [2.24, 2.45) is 0 Å². The zero-order chi connectivity index (χ0) is 19.2. The van der Waals surface area contributed by atoms with Crippen LogP contribution in [0.15, 0.2) is 53.1 Å². The molecule has 1 aromatic heterocycles. The van der Waals surface area contributed by atoms with Gasteiger partial charge in [0.05, 0.1) is 0 Å². The maximum Gasteiger partial charge on any atom is 0.227 e. The quantitative estimate of drug-likeness (QED) is 0.678. The average molecular weight is 367 g/mol. The van der Waals surface area contributed by atoms with E-state index < -0.39 is 0 Å². The molecule has 0 saturated carbocycles. The third-order valence-electron chi connectivity index (χ3n) is 4.27. The van der Waals surface area contributed by atoms with Crippen molar-refractivity contribution in [3.05, 3.63) is 71.4 Å². The van der Waals surface area contributed by atoms with Gasteiger partial charge in [0.2, 0.25) is 17.6 Å². The molecule has 0 radical (unpaired) electrons. The predicted molar refractivity (Wildman–Crippen MR) is 100 cm³/mol. The summed E-state index contributed by atoms with van der Waals surface area (Å²) in [4.78, 5) is 16.3. The van der Waals surface area contributed by atoms with Crippen LogP contribution in [0, 0.1) is 5.82 Å². The Kier molecular flexibility index (Phi) is 5.96. The van der Waals surface area contributed by atoms with E-state index in [1.165, 1.54) is 17.7 Å². The van der Waals surface area contributed by atoms with Crippen molar-refractivity contribution in [2.45, 2.75) is 39.2 Å². The summed E-state index contributed by atoms with van der Waals surface area (Å²) < 4.78 is 18.1. The van der Waals surface area contributed by atoms with Crippen LogP contribution in [-0.4, -0.2) is 16.0 Å². The lowest BCUT2D eigenvalue weighted by Crippen LogP contribution is -2.23. The standard InChI is InChI=1S/C21H22FN3O2/c1-14(2)16-5-7-17(8-6-16)21-24-20(27-25-21)12-11-19(26)23-13-15-3-9-18(22)10-4-15/h3-10,14H,11-13H2,1-2H3,(H,23,26). The van der Waals surface area contributed by atoms with Crippen LogP contribution in [0.1, 0.15) is 43.2 Å². The highest BCUT2D eigenvalue weighted by Gasteiger charge is 2.11. The topological polar surface area (TPSA) is 68.0 Å². The summed E-state index contributed by atoms with van der Waals surface area (Å²) in [5, 5.41) is 6.78. The summed E-state index contributed by atoms with van der Waals surface area (Å²) >= 11 is 0. The van der Waals surface area contributed by atoms with Crippen LogP contribution in [0.2, 0.25) is 0 Å². The van der Waals surface area contributed by atoms with Crippen LogP contribution < -0.4 is 5.32 Å². The number of halogens is 1. The van der Waals surface area contributed by atoms with Crippen molar-refractivity contribution in [1.29, 1.82) is 0 Å². The third kappa shape index (κ3) is 5.23. The van der Waals surface area contributed by atoms with Gasteiger partial charge >= 0.3 is 0 Å². The van der Waals surface area contributed by atoms with Gasteiger partial charge in [-0.2, -0.15) is 4.98 Å². The molecule has 27 heavy (non-hydrogen) atoms. The Morgan fingerprint density at radius 1 is 1.11 bits per heavy atom. The maximum atomic E-state index is 12.9. The number of nitrogens with one attached hydrogen (secondary N) is 1. The number of carbonyl (C=O) groups excluding carboxylic acids is 1. The fourth-order valence-electron chi connectivity index (χ4n) is 2.60. The molecular formula is C21H22FN3O2. The van der Waals surface area contributed by atoms with Gasteiger partial charge in [0, 0.05) is 24.9 Å². The highest BCUT2D eigenvalue weighted by Crippen LogP contribution is 2.20. The van der Waals surface area contributed by atoms with Crippen LogP contribution in [-0.2, 0) is 17.8 Å². The normalized spacial score (nSPS) is 11.0. The molecule has 0 saturated heterocycles. The van der Waals surface area contributed by atoms with Gasteiger partial charge in [-0.3, -0.25) is 4.79 Å². The summed E-state index contributed by atoms with van der Waals surface area (Å²) in [6.45, 7) is 4.64. The van der Waals surface area contributed by atoms with Crippen LogP contribution >= 0.6 is 0 Å². The minimum absolute atomic E-state index is 0.125. The van der Waals surface area contributed by atoms with Crippen LogP contribution in [0.4, 0.5) is 4.39 Å². The molecule has 0 spiro atoms. The van der Waals surface area contributed by atoms with E-state index in [0.717, 1.165) is 11.1 Å². The molecule has 3 rings (SSSR count). The van der Waals surface area contributed by atoms with E-state index in [1.54, 1.807) is 12.1 Å². The largest absolute Gasteiger partial charge is 0.352 e. The maximum absolute atomic E-state index is 12.9. The third-order valence-corrected chi connectivity index (χ3v) is 4.27. The molecule has 3 aromatic rings. The Labute approximate surface area is 157 Å². The molecule has 2 aromatic carbocycles. The highest BCUT2D eigenvalue weighted by atomic mass is 19.1. The molecule has 6 heteroatoms. The van der Waals surface area contributed by atoms with Crippen molar-refractivity contribution in [3.63, 3.8) is 0 Å². The first-order valence-corrected chi connectivity index (χ1v) is 8.95. The monoisotopic (exact) mass is 367 g/mol. The van der Waals surface area contributed by atoms with Crippen molar-refractivity contribution < 1.29 is 13.7 Å². The second-order valence-corrected chi connectivity index (χ2v) is 6.69. The van der Waals surface area contributed by atoms with Gasteiger partial charge in [0.15, 0.2) is 0 Å². The molecule has 1 heterocycles. The van der Waals surface area contributed by atoms with Gasteiger partial charge in [-0.25, -0.2) is 4.39 Å². The van der Waals surface area contributed by atoms with Crippen molar-refractivity contribution in [1.82, 2.24) is 15.5 Å². The minimum atomic E-state index is -0.295. The van der Waals surface area contributed by atoms with Gasteiger partial charge in [-0.1, -0.05) is 55.4 Å². The zero-order valence-electron chi connectivity index (χ0n) is 15.4. The predicted octanol–water partition coefficient (Wildman–Crippen LogP) is 4.25. The lowest BCUT2D eigenvalue weighted by molar-refractivity contribution is -0.121. The first-order chi connectivity index (χ1) is 13.0. The van der Waals surface area contributed by atoms with E-state index in [1.807, 2.05) is 12.1 Å². The van der Waals surface area contributed by atoms with Crippen LogP contribution in [0.3, 0.4) is 0 Å². The lowest BCUT2D eigenvalue weighted by atomic mass is 10.0. The molecule has 140 valence electrons. The number of hydrogen-bond donors (Lipinski definition) is 1. The Balaban J connectivity index is 1.50. The Morgan fingerprint density at radius 2 is 1.81 bits per heavy atom. The fourth-order valence-corrected chi connectivity index (χ4v) is 2.60. The number of aryl methyl sites for hydroxylation is 1. The van der Waals surface area contributed by atoms with Crippen LogP contribution in [0.25, 0.3) is 11.4 Å². The number of nitrogens with zero attached hydrogens (tertiary/aromatic N) is 2. The van der Waals surface area contributed by atoms with E-state index in [4.69, 9.17) is 4.52 Å². The highest BCUT2D eigenvalue weighted by molar-refractivity contribution is 5.76. The Hall–Kier alpha value is -3.02. The fraction of sp³-hybridized carbons (Fsp3) is 0.286. The number of rotatable bonds is 7. The number of aromatic nitrogens is 2. The Bertz CT molecular complexity index is 887. The number of carbonyl (C=O) groups is 1. The lowest BCUT2D eigenvalue weighted by Gasteiger charge is -2.04. The van der Waals surface area contributed by atoms with Gasteiger partial charge < -0.3 is 9.84 Å². The Morgan fingerprint density at radius 3 is 2.48 bits per heavy atom. The SMILES string of the molecule is CC(C)c1ccc(-c2noc(CCC(=O)NCc3ccc(F)cc3)n2)cc1. The van der Waals surface area contributed by atoms with Crippen LogP contribution in [0.5, 0.6) is 0 Å². The number of benzene rings is 2. The van der Waals surface area contributed by atoms with Crippen molar-refractivity contribution in [2.75, 3.05) is 0 Å². The number of hydrogen-bond acceptors (Lipinski definition) is 4. The van der Waals surface area contributed by atoms with E-state index in [9.17, 15) is 9.18 Å². The van der Waals surface area contributed by atoms with E-state index in [0.29, 0.717) is 30.6 Å². The minimum Gasteiger partial charge on any atom is -0.352 e. The summed E-state index contributed by atoms with van der Waals surface area (Å²) in [6.07, 6.45) is 0.613. The second-order valence-electron chi connectivity index (χ2n) is 6.69. The summed E-state index contributed by atoms with van der Waals surface area (Å²) in [7, 11) is 0. The second kappa shape index (κ2) is 8.58. The van der Waals surface area contributed by atoms with Gasteiger partial charge in [0.25, 0.3) is 0 Å². The molecule has 0 aliphatic carbocycles. The summed E-state index contributed by atoms with van der Waals surface area (Å²) in [6, 6.07) is 14.1. The molecule has 0 aliphatic heterocycles. The zero-order valence-corrected chi connectivity index (χ0v) is 15.4. The van der Waals surface area contributed by atoms with Crippen molar-refractivity contribution >= 4 is 5.91 Å².